The zero-order valence-electron chi connectivity index (χ0n) is 23.6. The number of hydrogen-bond acceptors (Lipinski definition) is 1. The van der Waals surface area contributed by atoms with Crippen LogP contribution in [0.3, 0.4) is 0 Å². The fourth-order valence-electron chi connectivity index (χ4n) is 8.26. The first-order valence-electron chi connectivity index (χ1n) is 15.6. The lowest BCUT2D eigenvalue weighted by molar-refractivity contribution is -0.140. The zero-order valence-corrected chi connectivity index (χ0v) is 23.6. The van der Waals surface area contributed by atoms with Crippen molar-refractivity contribution < 1.29 is 22.4 Å². The van der Waals surface area contributed by atoms with Crippen LogP contribution in [0.25, 0.3) is 0 Å². The molecule has 0 aliphatic heterocycles. The molecule has 3 fully saturated rings. The highest BCUT2D eigenvalue weighted by Crippen LogP contribution is 2.47. The molecule has 0 heterocycles. The van der Waals surface area contributed by atoms with Gasteiger partial charge in [0.2, 0.25) is 0 Å². The predicted molar refractivity (Wildman–Crippen MR) is 146 cm³/mol. The monoisotopic (exact) mass is 536 g/mol. The van der Waals surface area contributed by atoms with Gasteiger partial charge in [-0.25, -0.2) is 4.39 Å². The summed E-state index contributed by atoms with van der Waals surface area (Å²) in [5.74, 6) is 3.06. The number of rotatable bonds is 9. The van der Waals surface area contributed by atoms with Gasteiger partial charge in [-0.15, -0.1) is 0 Å². The van der Waals surface area contributed by atoms with Crippen molar-refractivity contribution in [2.45, 2.75) is 129 Å². The molecule has 1 aromatic rings. The molecule has 1 nitrogen and oxygen atoms in total. The largest absolute Gasteiger partial charge is 0.419 e. The second-order valence-electron chi connectivity index (χ2n) is 12.8. The van der Waals surface area contributed by atoms with Crippen molar-refractivity contribution in [1.82, 2.24) is 0 Å². The highest BCUT2D eigenvalue weighted by Gasteiger charge is 2.39. The minimum atomic E-state index is -4.87. The molecular weight excluding hydrogens is 488 g/mol. The van der Waals surface area contributed by atoms with E-state index in [1.807, 2.05) is 0 Å². The molecule has 38 heavy (non-hydrogen) atoms. The lowest BCUT2D eigenvalue weighted by Crippen LogP contribution is -2.29. The molecular formula is C33H48F4O. The second-order valence-corrected chi connectivity index (χ2v) is 12.8. The standard InChI is InChI=1S/C33H48F4O/c1-3-5-22-6-11-24(12-7-22)26-16-18-27(19-17-26)25-13-8-23(9-14-25)10-15-28-20-21-29(30(38)4-2)31(32(28)34)33(35,36)37/h20-27H,3-19H2,1-2H3. The molecule has 0 aromatic heterocycles. The first-order valence-corrected chi connectivity index (χ1v) is 15.6. The average Bonchev–Trinajstić information content (AvgIpc) is 2.92. The van der Waals surface area contributed by atoms with E-state index >= 15 is 0 Å². The molecule has 3 aliphatic carbocycles. The van der Waals surface area contributed by atoms with E-state index in [1.165, 1.54) is 96.1 Å². The van der Waals surface area contributed by atoms with Crippen LogP contribution >= 0.6 is 0 Å². The molecule has 0 radical (unpaired) electrons. The lowest BCUT2D eigenvalue weighted by atomic mass is 9.64. The molecule has 0 saturated heterocycles. The smallest absolute Gasteiger partial charge is 0.294 e. The Hall–Kier alpha value is -1.39. The van der Waals surface area contributed by atoms with E-state index < -0.39 is 28.9 Å². The molecule has 0 unspecified atom stereocenters. The van der Waals surface area contributed by atoms with Crippen molar-refractivity contribution in [3.05, 3.63) is 34.6 Å². The summed E-state index contributed by atoms with van der Waals surface area (Å²) < 4.78 is 55.7. The Morgan fingerprint density at radius 3 is 1.61 bits per heavy atom. The first-order chi connectivity index (χ1) is 18.2. The fourth-order valence-corrected chi connectivity index (χ4v) is 8.26. The number of ketones is 1. The number of benzene rings is 1. The zero-order chi connectivity index (χ0) is 27.3. The third-order valence-corrected chi connectivity index (χ3v) is 10.6. The van der Waals surface area contributed by atoms with Crippen molar-refractivity contribution in [1.29, 1.82) is 0 Å². The van der Waals surface area contributed by atoms with E-state index in [4.69, 9.17) is 0 Å². The fraction of sp³-hybridized carbons (Fsp3) is 0.788. The van der Waals surface area contributed by atoms with E-state index in [1.54, 1.807) is 0 Å². The van der Waals surface area contributed by atoms with Gasteiger partial charge in [0.05, 0.1) is 0 Å². The normalized spacial score (nSPS) is 30.8. The van der Waals surface area contributed by atoms with Gasteiger partial charge >= 0.3 is 6.18 Å². The van der Waals surface area contributed by atoms with Gasteiger partial charge in [-0.1, -0.05) is 64.5 Å². The SMILES string of the molecule is CCCC1CCC(C2CCC(C3CCC(CCc4ccc(C(=O)CC)c(C(F)(F)F)c4F)CC3)CC2)CC1. The maximum absolute atomic E-state index is 14.9. The molecule has 3 aliphatic rings. The van der Waals surface area contributed by atoms with Crippen molar-refractivity contribution in [3.8, 4) is 0 Å². The molecule has 0 spiro atoms. The van der Waals surface area contributed by atoms with Crippen LogP contribution < -0.4 is 0 Å². The first kappa shape index (κ1) is 29.6. The van der Waals surface area contributed by atoms with Crippen LogP contribution in [0.4, 0.5) is 17.6 Å². The van der Waals surface area contributed by atoms with E-state index in [2.05, 4.69) is 6.92 Å². The van der Waals surface area contributed by atoms with Crippen LogP contribution in [0.2, 0.25) is 0 Å². The van der Waals surface area contributed by atoms with E-state index in [0.29, 0.717) is 12.3 Å². The molecule has 5 heteroatoms. The molecule has 214 valence electrons. The van der Waals surface area contributed by atoms with Gasteiger partial charge in [0.25, 0.3) is 0 Å². The van der Waals surface area contributed by atoms with Crippen LogP contribution in [0.15, 0.2) is 12.1 Å². The van der Waals surface area contributed by atoms with Gasteiger partial charge in [0, 0.05) is 12.0 Å². The topological polar surface area (TPSA) is 17.1 Å². The Labute approximate surface area is 227 Å². The maximum atomic E-state index is 14.9. The highest BCUT2D eigenvalue weighted by molar-refractivity contribution is 5.97. The van der Waals surface area contributed by atoms with Crippen LogP contribution in [0.5, 0.6) is 0 Å². The van der Waals surface area contributed by atoms with Crippen molar-refractivity contribution >= 4 is 5.78 Å². The summed E-state index contributed by atoms with van der Waals surface area (Å²) in [4.78, 5) is 12.0. The average molecular weight is 537 g/mol. The Kier molecular flexibility index (Phi) is 10.4. The van der Waals surface area contributed by atoms with Gasteiger partial charge in [-0.3, -0.25) is 4.79 Å². The van der Waals surface area contributed by atoms with Gasteiger partial charge < -0.3 is 0 Å². The predicted octanol–water partition coefficient (Wildman–Crippen LogP) is 10.6. The number of Topliss-reactive ketones (excluding diaryl/α,β-unsaturated/α-hetero) is 1. The number of carbonyl (C=O) groups is 1. The van der Waals surface area contributed by atoms with E-state index in [9.17, 15) is 22.4 Å². The number of aryl methyl sites for hydroxylation is 1. The molecule has 3 saturated carbocycles. The minimum absolute atomic E-state index is 0.0766. The van der Waals surface area contributed by atoms with Crippen LogP contribution in [0, 0.1) is 41.3 Å². The molecule has 1 aromatic carbocycles. The van der Waals surface area contributed by atoms with Gasteiger partial charge in [0.1, 0.15) is 11.4 Å². The summed E-state index contributed by atoms with van der Waals surface area (Å²) >= 11 is 0. The lowest BCUT2D eigenvalue weighted by Gasteiger charge is -2.41. The van der Waals surface area contributed by atoms with Crippen LogP contribution in [-0.2, 0) is 12.6 Å². The van der Waals surface area contributed by atoms with E-state index in [0.717, 1.165) is 48.9 Å². The molecule has 0 atom stereocenters. The van der Waals surface area contributed by atoms with Crippen LogP contribution in [0.1, 0.15) is 138 Å². The number of halogens is 4. The third kappa shape index (κ3) is 7.22. The summed E-state index contributed by atoms with van der Waals surface area (Å²) in [5, 5.41) is 0. The third-order valence-electron chi connectivity index (χ3n) is 10.6. The molecule has 0 N–H and O–H groups in total. The van der Waals surface area contributed by atoms with Gasteiger partial charge in [-0.2, -0.15) is 13.2 Å². The Balaban J connectivity index is 1.22. The number of carbonyl (C=O) groups excluding carboxylic acids is 1. The quantitative estimate of drug-likeness (QED) is 0.227. The van der Waals surface area contributed by atoms with Crippen molar-refractivity contribution in [2.24, 2.45) is 35.5 Å². The Morgan fingerprint density at radius 2 is 1.18 bits per heavy atom. The highest BCUT2D eigenvalue weighted by atomic mass is 19.4. The molecule has 0 amide bonds. The Bertz CT molecular complexity index is 898. The minimum Gasteiger partial charge on any atom is -0.294 e. The van der Waals surface area contributed by atoms with Crippen molar-refractivity contribution in [3.63, 3.8) is 0 Å². The molecule has 0 bridgehead atoms. The summed E-state index contributed by atoms with van der Waals surface area (Å²) in [7, 11) is 0. The second kappa shape index (κ2) is 13.3. The summed E-state index contributed by atoms with van der Waals surface area (Å²) in [6, 6.07) is 2.57. The Morgan fingerprint density at radius 1 is 0.737 bits per heavy atom. The summed E-state index contributed by atoms with van der Waals surface area (Å²) in [5.41, 5.74) is -1.83. The van der Waals surface area contributed by atoms with Gasteiger partial charge in [0.15, 0.2) is 5.78 Å². The summed E-state index contributed by atoms with van der Waals surface area (Å²) in [6.07, 6.45) is 14.8. The maximum Gasteiger partial charge on any atom is 0.419 e. The number of alkyl halides is 3. The van der Waals surface area contributed by atoms with E-state index in [-0.39, 0.29) is 12.0 Å². The summed E-state index contributed by atoms with van der Waals surface area (Å²) in [6.45, 7) is 3.80. The molecule has 4 rings (SSSR count). The number of hydrogen-bond donors (Lipinski definition) is 0. The van der Waals surface area contributed by atoms with Gasteiger partial charge in [-0.05, 0) is 105 Å². The van der Waals surface area contributed by atoms with Crippen molar-refractivity contribution in [2.75, 3.05) is 0 Å². The van der Waals surface area contributed by atoms with Crippen LogP contribution in [-0.4, -0.2) is 5.78 Å².